The van der Waals surface area contributed by atoms with Crippen LogP contribution in [0.25, 0.3) is 0 Å². The molecule has 0 aliphatic heterocycles. The number of anilines is 1. The number of benzene rings is 2. The van der Waals surface area contributed by atoms with Crippen LogP contribution in [0.5, 0.6) is 0 Å². The van der Waals surface area contributed by atoms with Crippen molar-refractivity contribution in [1.82, 2.24) is 0 Å². The van der Waals surface area contributed by atoms with E-state index in [9.17, 15) is 4.79 Å². The van der Waals surface area contributed by atoms with Crippen LogP contribution in [0.2, 0.25) is 20.1 Å². The molecule has 0 atom stereocenters. The number of para-hydroxylation sites is 1. The van der Waals surface area contributed by atoms with Gasteiger partial charge < -0.3 is 5.32 Å². The molecule has 110 valence electrons. The first-order valence-electron chi connectivity index (χ1n) is 5.79. The highest BCUT2D eigenvalue weighted by molar-refractivity contribution is 8.00. The zero-order chi connectivity index (χ0) is 15.4. The lowest BCUT2D eigenvalue weighted by Gasteiger charge is -2.10. The smallest absolute Gasteiger partial charge is 0.234 e. The van der Waals surface area contributed by atoms with Gasteiger partial charge in [-0.15, -0.1) is 11.8 Å². The van der Waals surface area contributed by atoms with E-state index in [4.69, 9.17) is 46.4 Å². The summed E-state index contributed by atoms with van der Waals surface area (Å²) >= 11 is 25.3. The fraction of sp³-hybridized carbons (Fsp3) is 0.0714. The second-order valence-corrected chi connectivity index (χ2v) is 6.60. The topological polar surface area (TPSA) is 29.1 Å². The van der Waals surface area contributed by atoms with Crippen molar-refractivity contribution in [3.05, 3.63) is 56.5 Å². The summed E-state index contributed by atoms with van der Waals surface area (Å²) in [4.78, 5) is 12.6. The lowest BCUT2D eigenvalue weighted by Crippen LogP contribution is -2.14. The van der Waals surface area contributed by atoms with Crippen LogP contribution in [0, 0.1) is 0 Å². The van der Waals surface area contributed by atoms with Gasteiger partial charge in [0.15, 0.2) is 0 Å². The molecule has 1 amide bonds. The van der Waals surface area contributed by atoms with Crippen LogP contribution in [-0.2, 0) is 4.79 Å². The van der Waals surface area contributed by atoms with Gasteiger partial charge in [0, 0.05) is 4.90 Å². The maximum Gasteiger partial charge on any atom is 0.234 e. The first-order chi connectivity index (χ1) is 9.99. The van der Waals surface area contributed by atoms with Crippen molar-refractivity contribution >= 4 is 69.8 Å². The van der Waals surface area contributed by atoms with Gasteiger partial charge >= 0.3 is 0 Å². The number of amides is 1. The van der Waals surface area contributed by atoms with Crippen LogP contribution >= 0.6 is 58.2 Å². The van der Waals surface area contributed by atoms with Gasteiger partial charge in [0.2, 0.25) is 5.91 Å². The molecule has 0 aliphatic rings. The Morgan fingerprint density at radius 2 is 1.38 bits per heavy atom. The number of nitrogens with one attached hydrogen (secondary N) is 1. The summed E-state index contributed by atoms with van der Waals surface area (Å²) in [5.74, 6) is -0.101. The Morgan fingerprint density at radius 3 is 1.90 bits per heavy atom. The minimum atomic E-state index is -0.244. The van der Waals surface area contributed by atoms with E-state index in [1.165, 1.54) is 11.8 Å². The van der Waals surface area contributed by atoms with Gasteiger partial charge in [-0.25, -0.2) is 0 Å². The van der Waals surface area contributed by atoms with Crippen molar-refractivity contribution in [3.8, 4) is 0 Å². The summed E-state index contributed by atoms with van der Waals surface area (Å²) < 4.78 is 0. The zero-order valence-electron chi connectivity index (χ0n) is 10.5. The number of rotatable bonds is 4. The van der Waals surface area contributed by atoms with E-state index in [2.05, 4.69) is 5.32 Å². The molecule has 2 nitrogen and oxygen atoms in total. The second-order valence-electron chi connectivity index (χ2n) is 3.98. The van der Waals surface area contributed by atoms with Crippen molar-refractivity contribution < 1.29 is 4.79 Å². The van der Waals surface area contributed by atoms with E-state index < -0.39 is 0 Å². The molecule has 1 N–H and O–H groups in total. The first kappa shape index (κ1) is 16.8. The van der Waals surface area contributed by atoms with Crippen molar-refractivity contribution in [2.75, 3.05) is 11.1 Å². The maximum absolute atomic E-state index is 12.0. The molecular formula is C14H9Cl4NOS. The average molecular weight is 381 g/mol. The molecular weight excluding hydrogens is 372 g/mol. The summed E-state index contributed by atoms with van der Waals surface area (Å²) in [7, 11) is 0. The highest BCUT2D eigenvalue weighted by Gasteiger charge is 2.12. The molecule has 0 saturated heterocycles. The molecule has 2 rings (SSSR count). The van der Waals surface area contributed by atoms with E-state index in [0.29, 0.717) is 30.7 Å². The van der Waals surface area contributed by atoms with E-state index in [0.717, 1.165) is 0 Å². The monoisotopic (exact) mass is 379 g/mol. The third-order valence-corrected chi connectivity index (χ3v) is 5.11. The molecule has 0 saturated carbocycles. The number of hydrogen-bond donors (Lipinski definition) is 1. The van der Waals surface area contributed by atoms with Gasteiger partial charge in [-0.1, -0.05) is 58.5 Å². The minimum absolute atomic E-state index is 0.144. The van der Waals surface area contributed by atoms with Crippen LogP contribution in [0.15, 0.2) is 41.3 Å². The lowest BCUT2D eigenvalue weighted by atomic mass is 10.3. The maximum atomic E-state index is 12.0. The van der Waals surface area contributed by atoms with Gasteiger partial charge in [-0.05, 0) is 24.3 Å². The van der Waals surface area contributed by atoms with Crippen molar-refractivity contribution in [1.29, 1.82) is 0 Å². The normalized spacial score (nSPS) is 10.5. The molecule has 0 aliphatic carbocycles. The summed E-state index contributed by atoms with van der Waals surface area (Å²) in [5.41, 5.74) is 0.400. The Kier molecular flexibility index (Phi) is 6.08. The van der Waals surface area contributed by atoms with Gasteiger partial charge in [0.1, 0.15) is 0 Å². The number of hydrogen-bond acceptors (Lipinski definition) is 2. The lowest BCUT2D eigenvalue weighted by molar-refractivity contribution is -0.113. The highest BCUT2D eigenvalue weighted by Crippen LogP contribution is 2.34. The predicted octanol–water partition coefficient (Wildman–Crippen LogP) is 6.03. The molecule has 2 aromatic carbocycles. The summed E-state index contributed by atoms with van der Waals surface area (Å²) in [6.07, 6.45) is 0. The first-order valence-corrected chi connectivity index (χ1v) is 8.29. The van der Waals surface area contributed by atoms with Crippen LogP contribution < -0.4 is 5.32 Å². The van der Waals surface area contributed by atoms with Gasteiger partial charge in [-0.3, -0.25) is 4.79 Å². The molecule has 7 heteroatoms. The Morgan fingerprint density at radius 1 is 0.905 bits per heavy atom. The minimum Gasteiger partial charge on any atom is -0.323 e. The second kappa shape index (κ2) is 7.61. The molecule has 0 fully saturated rings. The predicted molar refractivity (Wildman–Crippen MR) is 92.3 cm³/mol. The van der Waals surface area contributed by atoms with Gasteiger partial charge in [0.25, 0.3) is 0 Å². The van der Waals surface area contributed by atoms with E-state index in [1.54, 1.807) is 36.4 Å². The molecule has 0 bridgehead atoms. The highest BCUT2D eigenvalue weighted by atomic mass is 35.5. The summed E-state index contributed by atoms with van der Waals surface area (Å²) in [6, 6.07) is 10.2. The van der Waals surface area contributed by atoms with Crippen LogP contribution in [0.3, 0.4) is 0 Å². The van der Waals surface area contributed by atoms with Crippen LogP contribution in [-0.4, -0.2) is 11.7 Å². The zero-order valence-corrected chi connectivity index (χ0v) is 14.3. The summed E-state index contributed by atoms with van der Waals surface area (Å²) in [6.45, 7) is 0. The Bertz CT molecular complexity index is 638. The Balaban J connectivity index is 2.03. The summed E-state index contributed by atoms with van der Waals surface area (Å²) in [5, 5.41) is 4.47. The fourth-order valence-electron chi connectivity index (χ4n) is 1.55. The standard InChI is InChI=1S/C14H9Cl4NOS/c15-8-3-1-4-9(16)13(8)19-12(20)7-21-14-10(17)5-2-6-11(14)18/h1-6H,7H2,(H,19,20). The number of carbonyl (C=O) groups is 1. The van der Waals surface area contributed by atoms with E-state index >= 15 is 0 Å². The van der Waals surface area contributed by atoms with Gasteiger partial charge in [0.05, 0.1) is 31.5 Å². The SMILES string of the molecule is O=C(CSc1c(Cl)cccc1Cl)Nc1c(Cl)cccc1Cl. The van der Waals surface area contributed by atoms with E-state index in [-0.39, 0.29) is 11.7 Å². The fourth-order valence-corrected chi connectivity index (χ4v) is 3.53. The van der Waals surface area contributed by atoms with Gasteiger partial charge in [-0.2, -0.15) is 0 Å². The number of carbonyl (C=O) groups excluding carboxylic acids is 1. The molecule has 2 aromatic rings. The number of thioether (sulfide) groups is 1. The largest absolute Gasteiger partial charge is 0.323 e. The van der Waals surface area contributed by atoms with Crippen molar-refractivity contribution in [2.24, 2.45) is 0 Å². The molecule has 0 aromatic heterocycles. The van der Waals surface area contributed by atoms with Crippen molar-refractivity contribution in [3.63, 3.8) is 0 Å². The molecule has 0 radical (unpaired) electrons. The molecule has 0 spiro atoms. The van der Waals surface area contributed by atoms with Crippen LogP contribution in [0.1, 0.15) is 0 Å². The van der Waals surface area contributed by atoms with Crippen LogP contribution in [0.4, 0.5) is 5.69 Å². The average Bonchev–Trinajstić information content (AvgIpc) is 2.42. The third kappa shape index (κ3) is 4.44. The van der Waals surface area contributed by atoms with E-state index in [1.807, 2.05) is 0 Å². The Labute approximate surface area is 146 Å². The number of halogens is 4. The third-order valence-electron chi connectivity index (χ3n) is 2.49. The molecule has 0 unspecified atom stereocenters. The Hall–Kier alpha value is -0.580. The molecule has 0 heterocycles. The quantitative estimate of drug-likeness (QED) is 0.656. The molecule has 21 heavy (non-hydrogen) atoms. The van der Waals surface area contributed by atoms with Crippen molar-refractivity contribution in [2.45, 2.75) is 4.90 Å².